The molecule has 2 N–H and O–H groups in total. The average Bonchev–Trinajstić information content (AvgIpc) is 1.88. The Morgan fingerprint density at radius 2 is 2.30 bits per heavy atom. The Labute approximate surface area is 71.5 Å². The fourth-order valence-corrected chi connectivity index (χ4v) is 0.961. The average molecular weight is 220 g/mol. The molecule has 3 nitrogen and oxygen atoms in total. The molecule has 0 atom stereocenters. The predicted octanol–water partition coefficient (Wildman–Crippen LogP) is -0.262. The second-order valence-corrected chi connectivity index (χ2v) is 3.60. The second-order valence-electron chi connectivity index (χ2n) is 1.34. The van der Waals surface area contributed by atoms with Crippen molar-refractivity contribution >= 4 is 33.7 Å². The molecule has 1 amide bonds. The number of thioether (sulfide) groups is 1. The van der Waals surface area contributed by atoms with Crippen molar-refractivity contribution in [2.45, 2.75) is 0 Å². The van der Waals surface area contributed by atoms with Crippen molar-refractivity contribution in [3.63, 3.8) is 0 Å². The van der Waals surface area contributed by atoms with Crippen LogP contribution in [-0.4, -0.2) is 28.2 Å². The number of carbonyl (C=O) groups excluding carboxylic acids is 1. The van der Waals surface area contributed by atoms with E-state index in [0.29, 0.717) is 3.80 Å². The molecule has 0 aliphatic heterocycles. The van der Waals surface area contributed by atoms with E-state index in [0.717, 1.165) is 0 Å². The third-order valence-corrected chi connectivity index (χ3v) is 2.80. The van der Waals surface area contributed by atoms with Crippen molar-refractivity contribution in [1.29, 1.82) is 5.26 Å². The van der Waals surface area contributed by atoms with Crippen LogP contribution in [0.3, 0.4) is 0 Å². The molecular formula is C5H5N2OSSe. The van der Waals surface area contributed by atoms with E-state index >= 15 is 0 Å². The van der Waals surface area contributed by atoms with Crippen LogP contribution < -0.4 is 5.73 Å². The Kier molecular flexibility index (Phi) is 4.21. The van der Waals surface area contributed by atoms with Crippen LogP contribution in [0.4, 0.5) is 0 Å². The van der Waals surface area contributed by atoms with Crippen LogP contribution in [0.15, 0.2) is 9.38 Å². The van der Waals surface area contributed by atoms with Gasteiger partial charge in [0.15, 0.2) is 0 Å². The molecule has 0 unspecified atom stereocenters. The van der Waals surface area contributed by atoms with Gasteiger partial charge in [-0.05, 0) is 0 Å². The van der Waals surface area contributed by atoms with E-state index in [2.05, 4.69) is 16.0 Å². The van der Waals surface area contributed by atoms with Crippen molar-refractivity contribution in [2.24, 2.45) is 5.73 Å². The summed E-state index contributed by atoms with van der Waals surface area (Å²) in [6, 6.07) is 1.71. The van der Waals surface area contributed by atoms with Gasteiger partial charge < -0.3 is 0 Å². The molecule has 0 rings (SSSR count). The Morgan fingerprint density at radius 3 is 2.40 bits per heavy atom. The number of amides is 1. The van der Waals surface area contributed by atoms with Crippen LogP contribution in [0, 0.1) is 11.3 Å². The van der Waals surface area contributed by atoms with Gasteiger partial charge in [-0.3, -0.25) is 0 Å². The summed E-state index contributed by atoms with van der Waals surface area (Å²) in [5, 5.41) is 8.36. The summed E-state index contributed by atoms with van der Waals surface area (Å²) in [6.45, 7) is 0. The Bertz CT molecular complexity index is 218. The Hall–Kier alpha value is -0.431. The van der Waals surface area contributed by atoms with Crippen LogP contribution in [0.2, 0.25) is 0 Å². The molecule has 0 spiro atoms. The number of hydrogen-bond acceptors (Lipinski definition) is 3. The van der Waals surface area contributed by atoms with E-state index < -0.39 is 5.91 Å². The summed E-state index contributed by atoms with van der Waals surface area (Å²) in [6.07, 6.45) is 1.76. The van der Waals surface area contributed by atoms with Crippen molar-refractivity contribution < 1.29 is 4.79 Å². The molecule has 0 bridgehead atoms. The number of nitrogens with two attached hydrogens (primary N) is 1. The zero-order chi connectivity index (χ0) is 8.15. The van der Waals surface area contributed by atoms with Crippen molar-refractivity contribution in [3.05, 3.63) is 9.38 Å². The predicted molar refractivity (Wildman–Crippen MR) is 41.1 cm³/mol. The molecule has 0 saturated heterocycles. The fourth-order valence-electron chi connectivity index (χ4n) is 0.303. The molecule has 0 aliphatic rings. The SMILES string of the molecule is CSC([Se])=C(C#N)C(N)=O. The summed E-state index contributed by atoms with van der Waals surface area (Å²) in [4.78, 5) is 10.4. The normalized spacial score (nSPS) is 11.6. The van der Waals surface area contributed by atoms with E-state index in [9.17, 15) is 4.79 Å². The zero-order valence-corrected chi connectivity index (χ0v) is 7.78. The zero-order valence-electron chi connectivity index (χ0n) is 5.25. The standard InChI is InChI=1S/C5H5N2OSSe/c1-9-5(10)3(2-6)4(7)8/h1H3,(H2,7,8). The molecule has 0 aliphatic carbocycles. The first-order chi connectivity index (χ1) is 4.63. The Morgan fingerprint density at radius 1 is 1.80 bits per heavy atom. The summed E-state index contributed by atoms with van der Waals surface area (Å²) in [5.41, 5.74) is 4.86. The first-order valence-corrected chi connectivity index (χ1v) is 4.36. The third kappa shape index (κ3) is 2.44. The third-order valence-electron chi connectivity index (χ3n) is 0.748. The molecule has 0 aromatic carbocycles. The molecule has 1 radical (unpaired) electrons. The van der Waals surface area contributed by atoms with Gasteiger partial charge in [0.05, 0.1) is 0 Å². The van der Waals surface area contributed by atoms with Crippen molar-refractivity contribution in [1.82, 2.24) is 0 Å². The summed E-state index contributed by atoms with van der Waals surface area (Å²) in [7, 11) is 0. The second kappa shape index (κ2) is 4.40. The first-order valence-electron chi connectivity index (χ1n) is 2.28. The molecule has 10 heavy (non-hydrogen) atoms. The summed E-state index contributed by atoms with van der Waals surface area (Å²) >= 11 is 3.86. The van der Waals surface area contributed by atoms with Gasteiger partial charge in [0.25, 0.3) is 0 Å². The minimum absolute atomic E-state index is 0.00694. The van der Waals surface area contributed by atoms with Crippen LogP contribution in [0.1, 0.15) is 0 Å². The van der Waals surface area contributed by atoms with Gasteiger partial charge in [-0.2, -0.15) is 0 Å². The molecule has 0 heterocycles. The first kappa shape index (κ1) is 9.57. The monoisotopic (exact) mass is 221 g/mol. The van der Waals surface area contributed by atoms with Crippen molar-refractivity contribution in [3.8, 4) is 6.07 Å². The quantitative estimate of drug-likeness (QED) is 0.396. The van der Waals surface area contributed by atoms with E-state index in [1.54, 1.807) is 12.3 Å². The minimum atomic E-state index is -0.689. The van der Waals surface area contributed by atoms with Gasteiger partial charge in [0.1, 0.15) is 0 Å². The molecule has 0 aromatic heterocycles. The Balaban J connectivity index is 4.68. The summed E-state index contributed by atoms with van der Waals surface area (Å²) < 4.78 is 0.537. The van der Waals surface area contributed by atoms with E-state index in [-0.39, 0.29) is 5.57 Å². The number of carbonyl (C=O) groups is 1. The van der Waals surface area contributed by atoms with Gasteiger partial charge in [0, 0.05) is 0 Å². The molecular weight excluding hydrogens is 215 g/mol. The molecule has 53 valence electrons. The van der Waals surface area contributed by atoms with Crippen LogP contribution in [0.5, 0.6) is 0 Å². The van der Waals surface area contributed by atoms with Crippen LogP contribution in [0.25, 0.3) is 0 Å². The van der Waals surface area contributed by atoms with Gasteiger partial charge in [-0.15, -0.1) is 0 Å². The summed E-state index contributed by atoms with van der Waals surface area (Å²) in [5.74, 6) is -0.689. The topological polar surface area (TPSA) is 66.9 Å². The van der Waals surface area contributed by atoms with Crippen molar-refractivity contribution in [2.75, 3.05) is 6.26 Å². The molecule has 0 aromatic rings. The van der Waals surface area contributed by atoms with Crippen LogP contribution >= 0.6 is 11.8 Å². The fraction of sp³-hybridized carbons (Fsp3) is 0.200. The number of primary amides is 1. The van der Waals surface area contributed by atoms with Crippen LogP contribution in [-0.2, 0) is 4.79 Å². The van der Waals surface area contributed by atoms with E-state index in [1.165, 1.54) is 11.8 Å². The van der Waals surface area contributed by atoms with Gasteiger partial charge >= 0.3 is 71.2 Å². The van der Waals surface area contributed by atoms with E-state index in [4.69, 9.17) is 11.0 Å². The number of rotatable bonds is 2. The van der Waals surface area contributed by atoms with E-state index in [1.807, 2.05) is 0 Å². The van der Waals surface area contributed by atoms with Gasteiger partial charge in [-0.1, -0.05) is 0 Å². The number of nitrogens with zero attached hydrogens (tertiary/aromatic N) is 1. The molecule has 0 fully saturated rings. The molecule has 0 saturated carbocycles. The maximum atomic E-state index is 10.4. The van der Waals surface area contributed by atoms with Gasteiger partial charge in [-0.25, -0.2) is 0 Å². The maximum absolute atomic E-state index is 10.4. The number of hydrogen-bond donors (Lipinski definition) is 1. The van der Waals surface area contributed by atoms with Gasteiger partial charge in [0.2, 0.25) is 0 Å². The number of nitriles is 1. The molecule has 5 heteroatoms.